The smallest absolute Gasteiger partial charge is 0.306 e. The first-order valence-electron chi connectivity index (χ1n) is 8.69. The number of carbonyl (C=O) groups is 2. The number of nitrogens with one attached hydrogen (secondary N) is 1. The molecule has 0 heterocycles. The maximum absolute atomic E-state index is 11.9. The summed E-state index contributed by atoms with van der Waals surface area (Å²) in [6.45, 7) is 0.0602. The van der Waals surface area contributed by atoms with E-state index in [1.807, 2.05) is 30.3 Å². The molecule has 1 fully saturated rings. The molecule has 0 aliphatic heterocycles. The zero-order valence-corrected chi connectivity index (χ0v) is 14.3. The van der Waals surface area contributed by atoms with Crippen LogP contribution in [0.5, 0.6) is 5.75 Å². The number of benzene rings is 1. The molecule has 0 spiro atoms. The number of carbonyl (C=O) groups excluding carboxylic acids is 2. The molecular weight excluding hydrogens is 320 g/mol. The molecular formula is C19H24N2O4. The number of para-hydroxylation sites is 1. The zero-order valence-electron chi connectivity index (χ0n) is 14.3. The summed E-state index contributed by atoms with van der Waals surface area (Å²) in [7, 11) is 0. The second kappa shape index (κ2) is 9.67. The van der Waals surface area contributed by atoms with Gasteiger partial charge in [0.2, 0.25) is 0 Å². The molecule has 1 saturated carbocycles. The van der Waals surface area contributed by atoms with E-state index >= 15 is 0 Å². The summed E-state index contributed by atoms with van der Waals surface area (Å²) in [5.41, 5.74) is -0.800. The monoisotopic (exact) mass is 344 g/mol. The lowest BCUT2D eigenvalue weighted by atomic mass is 9.83. The minimum absolute atomic E-state index is 0.184. The third-order valence-electron chi connectivity index (χ3n) is 4.20. The van der Waals surface area contributed by atoms with Crippen molar-refractivity contribution < 1.29 is 19.1 Å². The van der Waals surface area contributed by atoms with Crippen molar-refractivity contribution in [1.82, 2.24) is 5.32 Å². The number of hydrogen-bond acceptors (Lipinski definition) is 5. The van der Waals surface area contributed by atoms with Crippen LogP contribution in [0.3, 0.4) is 0 Å². The largest absolute Gasteiger partial charge is 0.494 e. The lowest BCUT2D eigenvalue weighted by Gasteiger charge is -2.31. The summed E-state index contributed by atoms with van der Waals surface area (Å²) in [6.07, 6.45) is 4.93. The lowest BCUT2D eigenvalue weighted by Crippen LogP contribution is -2.50. The fourth-order valence-electron chi connectivity index (χ4n) is 2.86. The van der Waals surface area contributed by atoms with Gasteiger partial charge in [-0.25, -0.2) is 0 Å². The highest BCUT2D eigenvalue weighted by atomic mass is 16.5. The van der Waals surface area contributed by atoms with Crippen molar-refractivity contribution in [2.75, 3.05) is 13.2 Å². The number of esters is 1. The van der Waals surface area contributed by atoms with Gasteiger partial charge in [0.05, 0.1) is 12.7 Å². The molecule has 0 atom stereocenters. The van der Waals surface area contributed by atoms with Crippen molar-refractivity contribution in [2.24, 2.45) is 0 Å². The molecule has 1 amide bonds. The Bertz CT molecular complexity index is 604. The van der Waals surface area contributed by atoms with Crippen molar-refractivity contribution in [1.29, 1.82) is 5.26 Å². The molecule has 0 aromatic heterocycles. The van der Waals surface area contributed by atoms with E-state index in [1.165, 1.54) is 0 Å². The van der Waals surface area contributed by atoms with E-state index in [0.717, 1.165) is 25.0 Å². The second-order valence-corrected chi connectivity index (χ2v) is 6.23. The van der Waals surface area contributed by atoms with Gasteiger partial charge in [0.25, 0.3) is 5.91 Å². The van der Waals surface area contributed by atoms with Gasteiger partial charge in [-0.15, -0.1) is 0 Å². The van der Waals surface area contributed by atoms with Crippen LogP contribution in [0.25, 0.3) is 0 Å². The molecule has 0 unspecified atom stereocenters. The highest BCUT2D eigenvalue weighted by molar-refractivity contribution is 5.81. The molecule has 1 aromatic carbocycles. The average molecular weight is 344 g/mol. The Balaban J connectivity index is 1.61. The summed E-state index contributed by atoms with van der Waals surface area (Å²) in [4.78, 5) is 23.6. The Hall–Kier alpha value is -2.55. The summed E-state index contributed by atoms with van der Waals surface area (Å²) >= 11 is 0. The van der Waals surface area contributed by atoms with Crippen molar-refractivity contribution in [3.63, 3.8) is 0 Å². The van der Waals surface area contributed by atoms with Crippen LogP contribution >= 0.6 is 0 Å². The van der Waals surface area contributed by atoms with Crippen molar-refractivity contribution in [3.8, 4) is 11.8 Å². The van der Waals surface area contributed by atoms with Gasteiger partial charge in [0, 0.05) is 6.42 Å². The van der Waals surface area contributed by atoms with Crippen LogP contribution in [0.4, 0.5) is 0 Å². The Morgan fingerprint density at radius 2 is 1.88 bits per heavy atom. The molecule has 2 rings (SSSR count). The molecule has 1 aliphatic rings. The van der Waals surface area contributed by atoms with Gasteiger partial charge < -0.3 is 14.8 Å². The number of nitrogens with zero attached hydrogens (tertiary/aromatic N) is 1. The van der Waals surface area contributed by atoms with Gasteiger partial charge >= 0.3 is 5.97 Å². The Morgan fingerprint density at radius 3 is 2.56 bits per heavy atom. The second-order valence-electron chi connectivity index (χ2n) is 6.23. The average Bonchev–Trinajstić information content (AvgIpc) is 2.65. The quantitative estimate of drug-likeness (QED) is 0.578. The highest BCUT2D eigenvalue weighted by Gasteiger charge is 2.33. The van der Waals surface area contributed by atoms with Crippen LogP contribution in [0, 0.1) is 11.3 Å². The number of amides is 1. The zero-order chi connectivity index (χ0) is 18.0. The van der Waals surface area contributed by atoms with Crippen molar-refractivity contribution in [2.45, 2.75) is 50.5 Å². The summed E-state index contributed by atoms with van der Waals surface area (Å²) in [5.74, 6) is -0.108. The fraction of sp³-hybridized carbons (Fsp3) is 0.526. The van der Waals surface area contributed by atoms with Gasteiger partial charge in [-0.1, -0.05) is 37.5 Å². The molecule has 6 heteroatoms. The summed E-state index contributed by atoms with van der Waals surface area (Å²) in [6, 6.07) is 11.6. The first kappa shape index (κ1) is 18.8. The van der Waals surface area contributed by atoms with E-state index in [0.29, 0.717) is 25.9 Å². The molecule has 0 bridgehead atoms. The molecule has 1 N–H and O–H groups in total. The molecule has 6 nitrogen and oxygen atoms in total. The SMILES string of the molecule is N#CC1(NC(=O)COC(=O)CCCOc2ccccc2)CCCCC1. The van der Waals surface area contributed by atoms with Crippen LogP contribution in [0.1, 0.15) is 44.9 Å². The molecule has 134 valence electrons. The number of hydrogen-bond donors (Lipinski definition) is 1. The molecule has 0 saturated heterocycles. The molecule has 0 radical (unpaired) electrons. The fourth-order valence-corrected chi connectivity index (χ4v) is 2.86. The Morgan fingerprint density at radius 1 is 1.16 bits per heavy atom. The van der Waals surface area contributed by atoms with E-state index in [2.05, 4.69) is 11.4 Å². The topological polar surface area (TPSA) is 88.4 Å². The third kappa shape index (κ3) is 6.46. The van der Waals surface area contributed by atoms with Gasteiger partial charge in [-0.3, -0.25) is 9.59 Å². The van der Waals surface area contributed by atoms with Gasteiger partial charge in [-0.05, 0) is 31.4 Å². The summed E-state index contributed by atoms with van der Waals surface area (Å²) in [5, 5.41) is 12.0. The maximum atomic E-state index is 11.9. The van der Waals surface area contributed by atoms with Crippen LogP contribution in [-0.4, -0.2) is 30.6 Å². The van der Waals surface area contributed by atoms with E-state index in [4.69, 9.17) is 9.47 Å². The van der Waals surface area contributed by atoms with Gasteiger partial charge in [0.1, 0.15) is 11.3 Å². The normalized spacial score (nSPS) is 15.6. The first-order valence-corrected chi connectivity index (χ1v) is 8.69. The van der Waals surface area contributed by atoms with Crippen molar-refractivity contribution in [3.05, 3.63) is 30.3 Å². The highest BCUT2D eigenvalue weighted by Crippen LogP contribution is 2.27. The number of rotatable bonds is 8. The molecule has 1 aromatic rings. The van der Waals surface area contributed by atoms with E-state index < -0.39 is 17.4 Å². The van der Waals surface area contributed by atoms with Crippen LogP contribution < -0.4 is 10.1 Å². The number of ether oxygens (including phenoxy) is 2. The van der Waals surface area contributed by atoms with Crippen LogP contribution in [-0.2, 0) is 14.3 Å². The molecule has 25 heavy (non-hydrogen) atoms. The predicted molar refractivity (Wildman–Crippen MR) is 91.7 cm³/mol. The van der Waals surface area contributed by atoms with Crippen LogP contribution in [0.15, 0.2) is 30.3 Å². The van der Waals surface area contributed by atoms with Gasteiger partial charge in [0.15, 0.2) is 6.61 Å². The molecule has 1 aliphatic carbocycles. The standard InChI is InChI=1S/C19H24N2O4/c20-15-19(11-5-2-6-12-19)21-17(22)14-25-18(23)10-7-13-24-16-8-3-1-4-9-16/h1,3-4,8-9H,2,5-7,10-14H2,(H,21,22). The minimum Gasteiger partial charge on any atom is -0.494 e. The van der Waals surface area contributed by atoms with Gasteiger partial charge in [-0.2, -0.15) is 5.26 Å². The third-order valence-corrected chi connectivity index (χ3v) is 4.20. The lowest BCUT2D eigenvalue weighted by molar-refractivity contribution is -0.149. The van der Waals surface area contributed by atoms with Crippen molar-refractivity contribution >= 4 is 11.9 Å². The Labute approximate surface area is 148 Å². The van der Waals surface area contributed by atoms with E-state index in [1.54, 1.807) is 0 Å². The van der Waals surface area contributed by atoms with E-state index in [9.17, 15) is 14.9 Å². The van der Waals surface area contributed by atoms with E-state index in [-0.39, 0.29) is 13.0 Å². The maximum Gasteiger partial charge on any atom is 0.306 e. The number of nitriles is 1. The predicted octanol–water partition coefficient (Wildman–Crippen LogP) is 2.73. The summed E-state index contributed by atoms with van der Waals surface area (Å²) < 4.78 is 10.5. The van der Waals surface area contributed by atoms with Crippen LogP contribution in [0.2, 0.25) is 0 Å². The Kier molecular flexibility index (Phi) is 7.27. The minimum atomic E-state index is -0.800. The first-order chi connectivity index (χ1) is 12.1.